The highest BCUT2D eigenvalue weighted by Gasteiger charge is 2.21. The lowest BCUT2D eigenvalue weighted by Gasteiger charge is -2.35. The molecule has 1 atom stereocenters. The number of sulfonamides is 1. The lowest BCUT2D eigenvalue weighted by molar-refractivity contribution is -0.146. The Labute approximate surface area is 220 Å². The predicted octanol–water partition coefficient (Wildman–Crippen LogP) is 2.42. The molecule has 38 heavy (non-hydrogen) atoms. The number of nitrogens with one attached hydrogen (secondary N) is 3. The number of amides is 1. The van der Waals surface area contributed by atoms with Gasteiger partial charge in [0.05, 0.1) is 11.3 Å². The first-order valence-electron chi connectivity index (χ1n) is 12.1. The minimum absolute atomic E-state index is 0.0188. The van der Waals surface area contributed by atoms with Crippen LogP contribution in [0, 0.1) is 0 Å². The molecule has 4 N–H and O–H groups in total. The second-order valence-electron chi connectivity index (χ2n) is 8.74. The fourth-order valence-corrected chi connectivity index (χ4v) is 4.86. The Morgan fingerprint density at radius 2 is 1.79 bits per heavy atom. The number of aromatic nitrogens is 1. The van der Waals surface area contributed by atoms with Gasteiger partial charge in [-0.2, -0.15) is 4.98 Å². The van der Waals surface area contributed by atoms with E-state index >= 15 is 0 Å². The van der Waals surface area contributed by atoms with Crippen LogP contribution in [0.5, 0.6) is 5.88 Å². The number of rotatable bonds is 10. The van der Waals surface area contributed by atoms with Crippen LogP contribution in [0.1, 0.15) is 29.6 Å². The van der Waals surface area contributed by atoms with E-state index in [1.807, 2.05) is 18.2 Å². The molecule has 2 heterocycles. The van der Waals surface area contributed by atoms with Crippen LogP contribution in [0.15, 0.2) is 77.7 Å². The van der Waals surface area contributed by atoms with E-state index in [2.05, 4.69) is 25.4 Å². The van der Waals surface area contributed by atoms with Gasteiger partial charge >= 0.3 is 5.97 Å². The van der Waals surface area contributed by atoms with Gasteiger partial charge in [-0.3, -0.25) is 9.59 Å². The third kappa shape index (κ3) is 7.43. The summed E-state index contributed by atoms with van der Waals surface area (Å²) in [6.45, 7) is 1.61. The fraction of sp³-hybridized carbons (Fsp3) is 0.269. The first-order valence-corrected chi connectivity index (χ1v) is 13.6. The van der Waals surface area contributed by atoms with Crippen LogP contribution in [0.25, 0.3) is 0 Å². The Kier molecular flexibility index (Phi) is 8.77. The lowest BCUT2D eigenvalue weighted by atomic mass is 10.0. The Morgan fingerprint density at radius 3 is 2.53 bits per heavy atom. The van der Waals surface area contributed by atoms with Crippen molar-refractivity contribution < 1.29 is 28.0 Å². The normalized spacial score (nSPS) is 15.5. The van der Waals surface area contributed by atoms with Crippen LogP contribution in [0.3, 0.4) is 0 Å². The summed E-state index contributed by atoms with van der Waals surface area (Å²) < 4.78 is 24.2. The summed E-state index contributed by atoms with van der Waals surface area (Å²) in [6, 6.07) is 19.9. The molecular weight excluding hydrogens is 510 g/mol. The summed E-state index contributed by atoms with van der Waals surface area (Å²) in [5.74, 6) is -0.584. The highest BCUT2D eigenvalue weighted by Crippen LogP contribution is 2.23. The van der Waals surface area contributed by atoms with Crippen molar-refractivity contribution >= 4 is 33.4 Å². The average Bonchev–Trinajstić information content (AvgIpc) is 2.93. The molecule has 200 valence electrons. The van der Waals surface area contributed by atoms with Gasteiger partial charge < -0.3 is 25.5 Å². The summed E-state index contributed by atoms with van der Waals surface area (Å²) >= 11 is 0. The van der Waals surface area contributed by atoms with Crippen LogP contribution in [-0.4, -0.2) is 56.1 Å². The Morgan fingerprint density at radius 1 is 1.03 bits per heavy atom. The number of anilines is 2. The maximum Gasteiger partial charge on any atom is 0.327 e. The van der Waals surface area contributed by atoms with E-state index in [4.69, 9.17) is 0 Å². The first kappa shape index (κ1) is 26.9. The number of hydrogen-bond acceptors (Lipinski definition) is 9. The Balaban J connectivity index is 1.21. The number of nitrogens with zero attached hydrogens (tertiary/aromatic N) is 2. The molecule has 0 radical (unpaired) electrons. The Bertz CT molecular complexity index is 1350. The van der Waals surface area contributed by atoms with Gasteiger partial charge in [-0.15, -0.1) is 0 Å². The molecule has 1 aromatic heterocycles. The third-order valence-corrected chi connectivity index (χ3v) is 7.13. The second-order valence-corrected chi connectivity index (χ2v) is 10.4. The van der Waals surface area contributed by atoms with Crippen molar-refractivity contribution in [1.29, 1.82) is 0 Å². The third-order valence-electron chi connectivity index (χ3n) is 5.94. The molecule has 1 fully saturated rings. The molecule has 0 unspecified atom stereocenters. The SMILES string of the molecule is O=C(CCNC(=O)c1ccc(N2CCC[C@H](Nc3cccc(O)n3)C2)cc1)ONS(=O)(=O)c1ccccc1. The van der Waals surface area contributed by atoms with Crippen molar-refractivity contribution in [2.75, 3.05) is 29.9 Å². The predicted molar refractivity (Wildman–Crippen MR) is 141 cm³/mol. The van der Waals surface area contributed by atoms with Crippen LogP contribution in [-0.2, 0) is 19.7 Å². The standard InChI is InChI=1S/C26H29N5O6S/c32-24-10-4-9-23(29-24)28-20-6-5-17-31(18-20)21-13-11-19(12-14-21)26(34)27-16-15-25(33)37-30-38(35,36)22-7-2-1-3-8-22/h1-4,7-14,20,30H,5-6,15-18H2,(H,27,34)(H2,28,29,32)/t20-/m0/s1. The van der Waals surface area contributed by atoms with E-state index in [0.29, 0.717) is 11.4 Å². The van der Waals surface area contributed by atoms with Crippen LogP contribution in [0.2, 0.25) is 0 Å². The van der Waals surface area contributed by atoms with E-state index < -0.39 is 16.0 Å². The molecule has 0 aliphatic carbocycles. The van der Waals surface area contributed by atoms with E-state index in [-0.39, 0.29) is 35.7 Å². The first-order chi connectivity index (χ1) is 18.3. The van der Waals surface area contributed by atoms with Crippen molar-refractivity contribution in [1.82, 2.24) is 15.2 Å². The summed E-state index contributed by atoms with van der Waals surface area (Å²) in [4.78, 5) is 37.1. The van der Waals surface area contributed by atoms with Crippen LogP contribution in [0.4, 0.5) is 11.5 Å². The van der Waals surface area contributed by atoms with Gasteiger partial charge in [-0.05, 0) is 60.2 Å². The number of aromatic hydroxyl groups is 1. The largest absolute Gasteiger partial charge is 0.493 e. The van der Waals surface area contributed by atoms with Gasteiger partial charge in [0.1, 0.15) is 5.82 Å². The van der Waals surface area contributed by atoms with Crippen molar-refractivity contribution in [3.63, 3.8) is 0 Å². The van der Waals surface area contributed by atoms with E-state index in [1.54, 1.807) is 41.3 Å². The fourth-order valence-electron chi connectivity index (χ4n) is 4.05. The maximum atomic E-state index is 12.5. The molecule has 4 rings (SSSR count). The summed E-state index contributed by atoms with van der Waals surface area (Å²) in [7, 11) is -3.98. The smallest absolute Gasteiger partial charge is 0.327 e. The number of pyridine rings is 1. The minimum atomic E-state index is -3.98. The van der Waals surface area contributed by atoms with Crippen molar-refractivity contribution in [3.05, 3.63) is 78.4 Å². The number of carbonyl (C=O) groups excluding carboxylic acids is 2. The highest BCUT2D eigenvalue weighted by molar-refractivity contribution is 7.89. The van der Waals surface area contributed by atoms with Gasteiger partial charge in [0, 0.05) is 43.0 Å². The molecule has 12 heteroatoms. The molecule has 0 saturated carbocycles. The topological polar surface area (TPSA) is 150 Å². The van der Waals surface area contributed by atoms with Crippen LogP contribution < -0.4 is 20.4 Å². The second kappa shape index (κ2) is 12.4. The molecule has 0 bridgehead atoms. The number of piperidine rings is 1. The molecule has 11 nitrogen and oxygen atoms in total. The monoisotopic (exact) mass is 539 g/mol. The zero-order valence-corrected chi connectivity index (χ0v) is 21.4. The van der Waals surface area contributed by atoms with Crippen molar-refractivity contribution in [3.8, 4) is 5.88 Å². The molecule has 1 aliphatic heterocycles. The molecule has 1 saturated heterocycles. The van der Waals surface area contributed by atoms with Crippen molar-refractivity contribution in [2.24, 2.45) is 0 Å². The van der Waals surface area contributed by atoms with E-state index in [1.165, 1.54) is 18.2 Å². The van der Waals surface area contributed by atoms with Gasteiger partial charge in [0.15, 0.2) is 0 Å². The zero-order chi connectivity index (χ0) is 27.0. The van der Waals surface area contributed by atoms with Crippen molar-refractivity contribution in [2.45, 2.75) is 30.2 Å². The van der Waals surface area contributed by atoms with E-state index in [0.717, 1.165) is 31.6 Å². The summed E-state index contributed by atoms with van der Waals surface area (Å²) in [6.07, 6.45) is 1.75. The average molecular weight is 540 g/mol. The quantitative estimate of drug-likeness (QED) is 0.285. The number of benzene rings is 2. The molecule has 0 spiro atoms. The van der Waals surface area contributed by atoms with Gasteiger partial charge in [-0.25, -0.2) is 8.42 Å². The van der Waals surface area contributed by atoms with Gasteiger partial charge in [0.25, 0.3) is 15.9 Å². The van der Waals surface area contributed by atoms with Gasteiger partial charge in [-0.1, -0.05) is 24.3 Å². The minimum Gasteiger partial charge on any atom is -0.493 e. The molecule has 2 aromatic carbocycles. The lowest BCUT2D eigenvalue weighted by Crippen LogP contribution is -2.42. The number of carbonyl (C=O) groups is 2. The molecule has 3 aromatic rings. The summed E-state index contributed by atoms with van der Waals surface area (Å²) in [5, 5.41) is 15.6. The van der Waals surface area contributed by atoms with Crippen LogP contribution >= 0.6 is 0 Å². The van der Waals surface area contributed by atoms with E-state index in [9.17, 15) is 23.1 Å². The molecule has 1 amide bonds. The van der Waals surface area contributed by atoms with Gasteiger partial charge in [0.2, 0.25) is 5.88 Å². The maximum absolute atomic E-state index is 12.5. The zero-order valence-electron chi connectivity index (χ0n) is 20.5. The Hall–Kier alpha value is -4.16. The summed E-state index contributed by atoms with van der Waals surface area (Å²) in [5.41, 5.74) is 1.41. The highest BCUT2D eigenvalue weighted by atomic mass is 32.2. The number of hydrogen-bond donors (Lipinski definition) is 4. The molecule has 1 aliphatic rings. The molecular formula is C26H29N5O6S.